The van der Waals surface area contributed by atoms with Gasteiger partial charge in [0.15, 0.2) is 0 Å². The molecule has 0 unspecified atom stereocenters. The predicted octanol–water partition coefficient (Wildman–Crippen LogP) is 3.29. The van der Waals surface area contributed by atoms with Crippen LogP contribution in [0.4, 0.5) is 0 Å². The molecule has 0 bridgehead atoms. The van der Waals surface area contributed by atoms with Gasteiger partial charge in [-0.25, -0.2) is 0 Å². The van der Waals surface area contributed by atoms with Crippen LogP contribution in [0.15, 0.2) is 42.5 Å². The van der Waals surface area contributed by atoms with Crippen molar-refractivity contribution >= 4 is 17.8 Å². The Bertz CT molecular complexity index is 822. The zero-order chi connectivity index (χ0) is 18.0. The first-order chi connectivity index (χ1) is 12.0. The molecule has 2 amide bonds. The van der Waals surface area contributed by atoms with Gasteiger partial charge >= 0.3 is 5.97 Å². The Morgan fingerprint density at radius 2 is 1.64 bits per heavy atom. The second-order valence-corrected chi connectivity index (χ2v) is 6.15. The maximum absolute atomic E-state index is 12.2. The molecule has 0 fully saturated rings. The number of carbonyl (C=O) groups excluding carboxylic acids is 3. The van der Waals surface area contributed by atoms with Crippen molar-refractivity contribution in [3.8, 4) is 5.75 Å². The second-order valence-electron chi connectivity index (χ2n) is 6.15. The molecule has 1 heterocycles. The van der Waals surface area contributed by atoms with E-state index < -0.39 is 0 Å². The van der Waals surface area contributed by atoms with E-state index in [0.29, 0.717) is 23.3 Å². The van der Waals surface area contributed by atoms with Gasteiger partial charge in [0, 0.05) is 13.0 Å². The lowest BCUT2D eigenvalue weighted by molar-refractivity contribution is -0.134. The fraction of sp³-hybridized carbons (Fsp3) is 0.250. The first-order valence-corrected chi connectivity index (χ1v) is 8.20. The molecule has 1 aliphatic heterocycles. The highest BCUT2D eigenvalue weighted by Crippen LogP contribution is 2.23. The molecule has 25 heavy (non-hydrogen) atoms. The van der Waals surface area contributed by atoms with E-state index in [4.69, 9.17) is 4.74 Å². The van der Waals surface area contributed by atoms with Gasteiger partial charge in [0.25, 0.3) is 11.8 Å². The number of fused-ring (bicyclic) bond motifs is 1. The molecule has 0 saturated carbocycles. The molecule has 3 rings (SSSR count). The third-order valence-corrected chi connectivity index (χ3v) is 4.20. The fourth-order valence-electron chi connectivity index (χ4n) is 2.91. The van der Waals surface area contributed by atoms with Gasteiger partial charge in [-0.3, -0.25) is 19.3 Å². The Hall–Kier alpha value is -2.95. The van der Waals surface area contributed by atoms with E-state index in [1.54, 1.807) is 30.3 Å². The number of benzene rings is 2. The van der Waals surface area contributed by atoms with Gasteiger partial charge in [-0.15, -0.1) is 0 Å². The van der Waals surface area contributed by atoms with E-state index >= 15 is 0 Å². The Morgan fingerprint density at radius 3 is 2.24 bits per heavy atom. The van der Waals surface area contributed by atoms with Gasteiger partial charge < -0.3 is 4.74 Å². The topological polar surface area (TPSA) is 63.7 Å². The molecular formula is C20H19NO4. The molecule has 0 spiro atoms. The molecule has 128 valence electrons. The minimum absolute atomic E-state index is 0.140. The average Bonchev–Trinajstić information content (AvgIpc) is 2.83. The number of esters is 1. The molecule has 0 aliphatic carbocycles. The second kappa shape index (κ2) is 6.89. The summed E-state index contributed by atoms with van der Waals surface area (Å²) in [4.78, 5) is 37.7. The minimum atomic E-state index is -0.372. The zero-order valence-corrected chi connectivity index (χ0v) is 14.2. The maximum atomic E-state index is 12.2. The highest BCUT2D eigenvalue weighted by molar-refractivity contribution is 6.21. The predicted molar refractivity (Wildman–Crippen MR) is 92.6 cm³/mol. The lowest BCUT2D eigenvalue weighted by Crippen LogP contribution is -2.31. The smallest absolute Gasteiger partial charge is 0.311 e. The van der Waals surface area contributed by atoms with Crippen molar-refractivity contribution in [2.24, 2.45) is 0 Å². The number of aryl methyl sites for hydroxylation is 2. The Morgan fingerprint density at radius 1 is 1.00 bits per heavy atom. The third kappa shape index (κ3) is 3.45. The molecule has 2 aromatic rings. The summed E-state index contributed by atoms with van der Waals surface area (Å²) in [5.74, 6) is -0.438. The van der Waals surface area contributed by atoms with Crippen LogP contribution in [-0.4, -0.2) is 29.2 Å². The van der Waals surface area contributed by atoms with E-state index in [0.717, 1.165) is 11.1 Å². The third-order valence-electron chi connectivity index (χ3n) is 4.20. The van der Waals surface area contributed by atoms with Crippen LogP contribution >= 0.6 is 0 Å². The van der Waals surface area contributed by atoms with Gasteiger partial charge in [-0.1, -0.05) is 29.8 Å². The molecule has 0 radical (unpaired) electrons. The van der Waals surface area contributed by atoms with E-state index in [1.165, 1.54) is 4.90 Å². The van der Waals surface area contributed by atoms with E-state index in [9.17, 15) is 14.4 Å². The lowest BCUT2D eigenvalue weighted by atomic mass is 10.1. The summed E-state index contributed by atoms with van der Waals surface area (Å²) in [5, 5.41) is 0. The largest absolute Gasteiger partial charge is 0.426 e. The van der Waals surface area contributed by atoms with Gasteiger partial charge in [0.2, 0.25) is 0 Å². The van der Waals surface area contributed by atoms with E-state index in [2.05, 4.69) is 0 Å². The van der Waals surface area contributed by atoms with Crippen molar-refractivity contribution in [3.05, 3.63) is 64.7 Å². The molecule has 2 aromatic carbocycles. The van der Waals surface area contributed by atoms with Gasteiger partial charge in [-0.05, 0) is 44.0 Å². The van der Waals surface area contributed by atoms with Crippen molar-refractivity contribution < 1.29 is 19.1 Å². The zero-order valence-electron chi connectivity index (χ0n) is 14.2. The molecule has 5 nitrogen and oxygen atoms in total. The van der Waals surface area contributed by atoms with Crippen LogP contribution in [0, 0.1) is 13.8 Å². The Kier molecular flexibility index (Phi) is 4.65. The summed E-state index contributed by atoms with van der Waals surface area (Å²) in [6, 6.07) is 12.3. The van der Waals surface area contributed by atoms with Crippen molar-refractivity contribution in [3.63, 3.8) is 0 Å². The van der Waals surface area contributed by atoms with Gasteiger partial charge in [0.05, 0.1) is 11.1 Å². The number of amides is 2. The normalized spacial score (nSPS) is 13.1. The summed E-state index contributed by atoms with van der Waals surface area (Å²) in [7, 11) is 0. The summed E-state index contributed by atoms with van der Waals surface area (Å²) < 4.78 is 5.35. The fourth-order valence-corrected chi connectivity index (χ4v) is 2.91. The highest BCUT2D eigenvalue weighted by atomic mass is 16.5. The summed E-state index contributed by atoms with van der Waals surface area (Å²) in [6.45, 7) is 4.06. The molecule has 0 aromatic heterocycles. The van der Waals surface area contributed by atoms with Crippen molar-refractivity contribution in [2.75, 3.05) is 6.54 Å². The standard InChI is InChI=1S/C20H19NO4/c1-13-9-10-17(14(2)12-13)25-18(22)8-5-11-21-19(23)15-6-3-4-7-16(15)20(21)24/h3-4,6-7,9-10,12H,5,8,11H2,1-2H3. The van der Waals surface area contributed by atoms with Gasteiger partial charge in [-0.2, -0.15) is 0 Å². The van der Waals surface area contributed by atoms with Crippen LogP contribution < -0.4 is 4.74 Å². The molecule has 0 atom stereocenters. The minimum Gasteiger partial charge on any atom is -0.426 e. The average molecular weight is 337 g/mol. The summed E-state index contributed by atoms with van der Waals surface area (Å²) >= 11 is 0. The first kappa shape index (κ1) is 16.9. The highest BCUT2D eigenvalue weighted by Gasteiger charge is 2.34. The lowest BCUT2D eigenvalue weighted by Gasteiger charge is -2.13. The van der Waals surface area contributed by atoms with Crippen LogP contribution in [0.3, 0.4) is 0 Å². The quantitative estimate of drug-likeness (QED) is 0.477. The molecule has 0 N–H and O–H groups in total. The maximum Gasteiger partial charge on any atom is 0.311 e. The molecule has 0 saturated heterocycles. The van der Waals surface area contributed by atoms with Crippen LogP contribution in [-0.2, 0) is 4.79 Å². The summed E-state index contributed by atoms with van der Waals surface area (Å²) in [6.07, 6.45) is 0.510. The SMILES string of the molecule is Cc1ccc(OC(=O)CCCN2C(=O)c3ccccc3C2=O)c(C)c1. The van der Waals surface area contributed by atoms with Crippen molar-refractivity contribution in [1.29, 1.82) is 0 Å². The van der Waals surface area contributed by atoms with Crippen LogP contribution in [0.1, 0.15) is 44.7 Å². The number of hydrogen-bond donors (Lipinski definition) is 0. The monoisotopic (exact) mass is 337 g/mol. The Balaban J connectivity index is 1.54. The van der Waals surface area contributed by atoms with Crippen LogP contribution in [0.25, 0.3) is 0 Å². The number of hydrogen-bond acceptors (Lipinski definition) is 4. The van der Waals surface area contributed by atoms with Gasteiger partial charge in [0.1, 0.15) is 5.75 Å². The van der Waals surface area contributed by atoms with Crippen molar-refractivity contribution in [1.82, 2.24) is 4.90 Å². The van der Waals surface area contributed by atoms with Crippen molar-refractivity contribution in [2.45, 2.75) is 26.7 Å². The number of rotatable bonds is 5. The van der Waals surface area contributed by atoms with E-state index in [1.807, 2.05) is 26.0 Å². The number of carbonyl (C=O) groups is 3. The Labute approximate surface area is 146 Å². The van der Waals surface area contributed by atoms with Crippen LogP contribution in [0.5, 0.6) is 5.75 Å². The van der Waals surface area contributed by atoms with Crippen LogP contribution in [0.2, 0.25) is 0 Å². The molecular weight excluding hydrogens is 318 g/mol. The number of ether oxygens (including phenoxy) is 1. The first-order valence-electron chi connectivity index (χ1n) is 8.20. The molecule has 5 heteroatoms. The van der Waals surface area contributed by atoms with E-state index in [-0.39, 0.29) is 30.7 Å². The molecule has 1 aliphatic rings. The number of nitrogens with zero attached hydrogens (tertiary/aromatic N) is 1. The number of imide groups is 1. The summed E-state index contributed by atoms with van der Waals surface area (Å²) in [5.41, 5.74) is 2.84.